The Morgan fingerprint density at radius 3 is 2.67 bits per heavy atom. The second-order valence-electron chi connectivity index (χ2n) is 3.32. The first kappa shape index (κ1) is 9.45. The van der Waals surface area contributed by atoms with Crippen molar-refractivity contribution >= 4 is 5.69 Å². The zero-order valence-electron chi connectivity index (χ0n) is 8.10. The minimum atomic E-state index is -0.129. The highest BCUT2D eigenvalue weighted by molar-refractivity contribution is 5.40. The highest BCUT2D eigenvalue weighted by atomic mass is 16.1. The third kappa shape index (κ3) is 2.43. The molecular formula is C11H11N3O. The first-order valence-corrected chi connectivity index (χ1v) is 4.62. The summed E-state index contributed by atoms with van der Waals surface area (Å²) in [6.45, 7) is 0. The van der Waals surface area contributed by atoms with Crippen molar-refractivity contribution in [3.05, 3.63) is 58.3 Å². The fourth-order valence-electron chi connectivity index (χ4n) is 1.35. The molecule has 0 spiro atoms. The van der Waals surface area contributed by atoms with Crippen molar-refractivity contribution in [3.63, 3.8) is 0 Å². The molecule has 4 nitrogen and oxygen atoms in total. The fourth-order valence-corrected chi connectivity index (χ4v) is 1.35. The number of hydrogen-bond acceptors (Lipinski definition) is 3. The molecular weight excluding hydrogens is 190 g/mol. The van der Waals surface area contributed by atoms with Crippen LogP contribution in [0.5, 0.6) is 0 Å². The standard InChI is InChI=1S/C11H11N3O/c12-9-3-1-8(2-4-9)5-10-6-11(15)14-7-13-10/h1-4,6-7H,5,12H2,(H,13,14,15). The Morgan fingerprint density at radius 2 is 2.00 bits per heavy atom. The van der Waals surface area contributed by atoms with Gasteiger partial charge in [-0.1, -0.05) is 12.1 Å². The first-order valence-electron chi connectivity index (χ1n) is 4.62. The Bertz CT molecular complexity index is 502. The number of nitrogens with one attached hydrogen (secondary N) is 1. The fraction of sp³-hybridized carbons (Fsp3) is 0.0909. The average Bonchev–Trinajstić information content (AvgIpc) is 2.22. The maximum atomic E-state index is 11.0. The predicted octanol–water partition coefficient (Wildman–Crippen LogP) is 0.943. The Kier molecular flexibility index (Phi) is 2.49. The van der Waals surface area contributed by atoms with Crippen LogP contribution in [-0.2, 0) is 6.42 Å². The molecule has 0 fully saturated rings. The molecule has 0 saturated carbocycles. The van der Waals surface area contributed by atoms with Crippen molar-refractivity contribution < 1.29 is 0 Å². The highest BCUT2D eigenvalue weighted by Crippen LogP contribution is 2.08. The summed E-state index contributed by atoms with van der Waals surface area (Å²) in [6.07, 6.45) is 2.05. The topological polar surface area (TPSA) is 71.8 Å². The van der Waals surface area contributed by atoms with Gasteiger partial charge in [0.05, 0.1) is 12.0 Å². The van der Waals surface area contributed by atoms with Crippen LogP contribution in [0.1, 0.15) is 11.3 Å². The number of aromatic nitrogens is 2. The summed E-state index contributed by atoms with van der Waals surface area (Å²) < 4.78 is 0. The van der Waals surface area contributed by atoms with Crippen LogP contribution >= 0.6 is 0 Å². The highest BCUT2D eigenvalue weighted by Gasteiger charge is 1.97. The lowest BCUT2D eigenvalue weighted by atomic mass is 10.1. The van der Waals surface area contributed by atoms with Crippen LogP contribution in [-0.4, -0.2) is 9.97 Å². The summed E-state index contributed by atoms with van der Waals surface area (Å²) in [7, 11) is 0. The van der Waals surface area contributed by atoms with Gasteiger partial charge < -0.3 is 10.7 Å². The van der Waals surface area contributed by atoms with E-state index < -0.39 is 0 Å². The molecule has 2 aromatic rings. The molecule has 0 aliphatic heterocycles. The zero-order valence-corrected chi connectivity index (χ0v) is 8.10. The summed E-state index contributed by atoms with van der Waals surface area (Å²) in [5.41, 5.74) is 8.02. The van der Waals surface area contributed by atoms with Crippen molar-refractivity contribution in [1.82, 2.24) is 9.97 Å². The van der Waals surface area contributed by atoms with E-state index in [1.165, 1.54) is 12.4 Å². The van der Waals surface area contributed by atoms with Gasteiger partial charge in [-0.2, -0.15) is 0 Å². The van der Waals surface area contributed by atoms with E-state index in [0.717, 1.165) is 16.9 Å². The molecule has 0 amide bonds. The molecule has 0 unspecified atom stereocenters. The lowest BCUT2D eigenvalue weighted by Gasteiger charge is -2.00. The summed E-state index contributed by atoms with van der Waals surface area (Å²) in [6, 6.07) is 9.03. The molecule has 1 heterocycles. The van der Waals surface area contributed by atoms with Crippen LogP contribution in [0.4, 0.5) is 5.69 Å². The number of rotatable bonds is 2. The normalized spacial score (nSPS) is 10.1. The molecule has 0 aliphatic rings. The van der Waals surface area contributed by atoms with E-state index in [0.29, 0.717) is 6.42 Å². The predicted molar refractivity (Wildman–Crippen MR) is 58.5 cm³/mol. The smallest absolute Gasteiger partial charge is 0.250 e. The molecule has 0 saturated heterocycles. The molecule has 4 heteroatoms. The van der Waals surface area contributed by atoms with E-state index in [2.05, 4.69) is 9.97 Å². The maximum Gasteiger partial charge on any atom is 0.250 e. The third-order valence-electron chi connectivity index (χ3n) is 2.10. The van der Waals surface area contributed by atoms with Gasteiger partial charge in [-0.3, -0.25) is 4.79 Å². The molecule has 3 N–H and O–H groups in total. The Hall–Kier alpha value is -2.10. The summed E-state index contributed by atoms with van der Waals surface area (Å²) >= 11 is 0. The molecule has 2 rings (SSSR count). The quantitative estimate of drug-likeness (QED) is 0.710. The summed E-state index contributed by atoms with van der Waals surface area (Å²) in [4.78, 5) is 17.6. The van der Waals surface area contributed by atoms with Gasteiger partial charge in [0, 0.05) is 18.2 Å². The SMILES string of the molecule is Nc1ccc(Cc2cc(=O)[nH]cn2)cc1. The van der Waals surface area contributed by atoms with E-state index in [1.54, 1.807) is 0 Å². The van der Waals surface area contributed by atoms with Gasteiger partial charge in [-0.15, -0.1) is 0 Å². The number of anilines is 1. The van der Waals surface area contributed by atoms with Crippen molar-refractivity contribution in [2.75, 3.05) is 5.73 Å². The third-order valence-corrected chi connectivity index (χ3v) is 2.10. The summed E-state index contributed by atoms with van der Waals surface area (Å²) in [5.74, 6) is 0. The summed E-state index contributed by atoms with van der Waals surface area (Å²) in [5, 5.41) is 0. The van der Waals surface area contributed by atoms with Gasteiger partial charge in [0.25, 0.3) is 5.56 Å². The van der Waals surface area contributed by atoms with Crippen LogP contribution in [0.15, 0.2) is 41.5 Å². The van der Waals surface area contributed by atoms with Gasteiger partial charge in [0.1, 0.15) is 0 Å². The van der Waals surface area contributed by atoms with E-state index in [-0.39, 0.29) is 5.56 Å². The van der Waals surface area contributed by atoms with Crippen molar-refractivity contribution in [1.29, 1.82) is 0 Å². The Labute approximate surface area is 86.8 Å². The molecule has 15 heavy (non-hydrogen) atoms. The van der Waals surface area contributed by atoms with Crippen LogP contribution < -0.4 is 11.3 Å². The lowest BCUT2D eigenvalue weighted by molar-refractivity contribution is 1.00. The van der Waals surface area contributed by atoms with E-state index in [4.69, 9.17) is 5.73 Å². The number of nitrogens with two attached hydrogens (primary N) is 1. The largest absolute Gasteiger partial charge is 0.399 e. The van der Waals surface area contributed by atoms with Gasteiger partial charge in [0.2, 0.25) is 0 Å². The molecule has 0 atom stereocenters. The monoisotopic (exact) mass is 201 g/mol. The van der Waals surface area contributed by atoms with Crippen LogP contribution in [0, 0.1) is 0 Å². The molecule has 0 aliphatic carbocycles. The molecule has 1 aromatic carbocycles. The van der Waals surface area contributed by atoms with Gasteiger partial charge >= 0.3 is 0 Å². The van der Waals surface area contributed by atoms with Crippen molar-refractivity contribution in [2.45, 2.75) is 6.42 Å². The zero-order chi connectivity index (χ0) is 10.7. The van der Waals surface area contributed by atoms with Gasteiger partial charge in [0.15, 0.2) is 0 Å². The number of nitrogen functional groups attached to an aromatic ring is 1. The van der Waals surface area contributed by atoms with Crippen LogP contribution in [0.25, 0.3) is 0 Å². The second kappa shape index (κ2) is 3.96. The number of aromatic amines is 1. The van der Waals surface area contributed by atoms with Gasteiger partial charge in [-0.05, 0) is 17.7 Å². The molecule has 0 radical (unpaired) electrons. The Morgan fingerprint density at radius 1 is 1.27 bits per heavy atom. The maximum absolute atomic E-state index is 11.0. The van der Waals surface area contributed by atoms with E-state index in [1.807, 2.05) is 24.3 Å². The van der Waals surface area contributed by atoms with Crippen molar-refractivity contribution in [3.8, 4) is 0 Å². The first-order chi connectivity index (χ1) is 7.24. The second-order valence-corrected chi connectivity index (χ2v) is 3.32. The van der Waals surface area contributed by atoms with Crippen molar-refractivity contribution in [2.24, 2.45) is 0 Å². The minimum absolute atomic E-state index is 0.129. The number of H-pyrrole nitrogens is 1. The van der Waals surface area contributed by atoms with E-state index >= 15 is 0 Å². The van der Waals surface area contributed by atoms with Crippen LogP contribution in [0.3, 0.4) is 0 Å². The average molecular weight is 201 g/mol. The number of nitrogens with zero attached hydrogens (tertiary/aromatic N) is 1. The Balaban J connectivity index is 2.22. The number of hydrogen-bond donors (Lipinski definition) is 2. The molecule has 1 aromatic heterocycles. The van der Waals surface area contributed by atoms with Crippen LogP contribution in [0.2, 0.25) is 0 Å². The number of benzene rings is 1. The van der Waals surface area contributed by atoms with E-state index in [9.17, 15) is 4.79 Å². The molecule has 0 bridgehead atoms. The molecule has 76 valence electrons. The van der Waals surface area contributed by atoms with Gasteiger partial charge in [-0.25, -0.2) is 4.98 Å². The lowest BCUT2D eigenvalue weighted by Crippen LogP contribution is -2.07. The minimum Gasteiger partial charge on any atom is -0.399 e.